The first-order valence-corrected chi connectivity index (χ1v) is 8.76. The number of amides is 2. The van der Waals surface area contributed by atoms with E-state index in [0.29, 0.717) is 35.0 Å². The van der Waals surface area contributed by atoms with Crippen molar-refractivity contribution in [1.29, 1.82) is 5.26 Å². The number of hydrogen-bond acceptors (Lipinski definition) is 4. The van der Waals surface area contributed by atoms with Crippen molar-refractivity contribution in [3.05, 3.63) is 59.7 Å². The van der Waals surface area contributed by atoms with Crippen LogP contribution in [0.5, 0.6) is 5.75 Å². The zero-order valence-electron chi connectivity index (χ0n) is 15.7. The normalized spacial score (nSPS) is 11.4. The molecule has 0 saturated carbocycles. The van der Waals surface area contributed by atoms with Crippen LogP contribution in [0.25, 0.3) is 0 Å². The summed E-state index contributed by atoms with van der Waals surface area (Å²) in [4.78, 5) is 24.9. The fourth-order valence-corrected chi connectivity index (χ4v) is 2.32. The van der Waals surface area contributed by atoms with Gasteiger partial charge in [0, 0.05) is 6.54 Å². The summed E-state index contributed by atoms with van der Waals surface area (Å²) in [6.07, 6.45) is -0.841. The molecule has 2 amide bonds. The smallest absolute Gasteiger partial charge is 0.265 e. The van der Waals surface area contributed by atoms with Crippen molar-refractivity contribution < 1.29 is 14.3 Å². The lowest BCUT2D eigenvalue weighted by molar-refractivity contribution is -0.122. The Bertz CT molecular complexity index is 856. The minimum atomic E-state index is -0.841. The highest BCUT2D eigenvalue weighted by molar-refractivity contribution is 6.04. The van der Waals surface area contributed by atoms with E-state index >= 15 is 0 Å². The van der Waals surface area contributed by atoms with Gasteiger partial charge >= 0.3 is 0 Å². The summed E-state index contributed by atoms with van der Waals surface area (Å²) in [5.74, 6) is 0.00443. The number of rotatable bonds is 7. The molecule has 140 valence electrons. The second kappa shape index (κ2) is 9.39. The molecule has 6 heteroatoms. The van der Waals surface area contributed by atoms with E-state index in [-0.39, 0.29) is 5.91 Å². The van der Waals surface area contributed by atoms with Gasteiger partial charge in [0.2, 0.25) is 0 Å². The van der Waals surface area contributed by atoms with Gasteiger partial charge in [-0.15, -0.1) is 0 Å². The number of nitrogens with one attached hydrogen (secondary N) is 2. The number of carbonyl (C=O) groups is 2. The third-order valence-corrected chi connectivity index (χ3v) is 3.78. The van der Waals surface area contributed by atoms with E-state index in [2.05, 4.69) is 10.6 Å². The molecule has 0 fully saturated rings. The minimum absolute atomic E-state index is 0.247. The largest absolute Gasteiger partial charge is 0.480 e. The number of nitrogens with zero attached hydrogens (tertiary/aromatic N) is 1. The number of ether oxygens (including phenoxy) is 1. The molecule has 0 aliphatic rings. The average molecular weight is 365 g/mol. The van der Waals surface area contributed by atoms with Crippen molar-refractivity contribution in [2.45, 2.75) is 26.9 Å². The van der Waals surface area contributed by atoms with Crippen LogP contribution >= 0.6 is 0 Å². The quantitative estimate of drug-likeness (QED) is 0.787. The van der Waals surface area contributed by atoms with Crippen LogP contribution in [0.3, 0.4) is 0 Å². The summed E-state index contributed by atoms with van der Waals surface area (Å²) in [7, 11) is 0. The minimum Gasteiger partial charge on any atom is -0.480 e. The second-order valence-electron chi connectivity index (χ2n) is 6.51. The van der Waals surface area contributed by atoms with Gasteiger partial charge in [-0.1, -0.05) is 38.1 Å². The second-order valence-corrected chi connectivity index (χ2v) is 6.51. The summed E-state index contributed by atoms with van der Waals surface area (Å²) >= 11 is 0. The SMILES string of the molecule is CC(C)CNC(=O)c1ccccc1NC(=O)C(C)Oc1ccccc1C#N. The topological polar surface area (TPSA) is 91.2 Å². The first-order chi connectivity index (χ1) is 12.9. The highest BCUT2D eigenvalue weighted by atomic mass is 16.5. The lowest BCUT2D eigenvalue weighted by Gasteiger charge is -2.17. The zero-order chi connectivity index (χ0) is 19.8. The lowest BCUT2D eigenvalue weighted by atomic mass is 10.1. The number of nitriles is 1. The Kier molecular flexibility index (Phi) is 6.95. The summed E-state index contributed by atoms with van der Waals surface area (Å²) in [5, 5.41) is 14.7. The van der Waals surface area contributed by atoms with Crippen LogP contribution in [0.15, 0.2) is 48.5 Å². The van der Waals surface area contributed by atoms with E-state index in [9.17, 15) is 9.59 Å². The molecule has 2 rings (SSSR count). The van der Waals surface area contributed by atoms with Crippen molar-refractivity contribution in [2.75, 3.05) is 11.9 Å². The van der Waals surface area contributed by atoms with Crippen molar-refractivity contribution >= 4 is 17.5 Å². The molecule has 0 heterocycles. The molecule has 6 nitrogen and oxygen atoms in total. The molecule has 2 aromatic carbocycles. The van der Waals surface area contributed by atoms with Crippen molar-refractivity contribution in [2.24, 2.45) is 5.92 Å². The predicted molar refractivity (Wildman–Crippen MR) is 103 cm³/mol. The molecule has 0 aromatic heterocycles. The number of para-hydroxylation sites is 2. The van der Waals surface area contributed by atoms with Crippen LogP contribution in [0, 0.1) is 17.2 Å². The Morgan fingerprint density at radius 3 is 2.44 bits per heavy atom. The van der Waals surface area contributed by atoms with Crippen LogP contribution < -0.4 is 15.4 Å². The first kappa shape index (κ1) is 20.0. The summed E-state index contributed by atoms with van der Waals surface area (Å²) in [5.41, 5.74) is 1.15. The average Bonchev–Trinajstić information content (AvgIpc) is 2.66. The van der Waals surface area contributed by atoms with Crippen molar-refractivity contribution in [3.63, 3.8) is 0 Å². The summed E-state index contributed by atoms with van der Waals surface area (Å²) < 4.78 is 5.61. The van der Waals surface area contributed by atoms with Crippen LogP contribution in [0.4, 0.5) is 5.69 Å². The standard InChI is InChI=1S/C21H23N3O3/c1-14(2)13-23-21(26)17-9-5-6-10-18(17)24-20(25)15(3)27-19-11-7-4-8-16(19)12-22/h4-11,14-15H,13H2,1-3H3,(H,23,26)(H,24,25). The highest BCUT2D eigenvalue weighted by Crippen LogP contribution is 2.20. The molecule has 1 unspecified atom stereocenters. The van der Waals surface area contributed by atoms with Gasteiger partial charge in [-0.25, -0.2) is 0 Å². The van der Waals surface area contributed by atoms with Gasteiger partial charge in [0.25, 0.3) is 11.8 Å². The van der Waals surface area contributed by atoms with Gasteiger partial charge < -0.3 is 15.4 Å². The third-order valence-electron chi connectivity index (χ3n) is 3.78. The fraction of sp³-hybridized carbons (Fsp3) is 0.286. The van der Waals surface area contributed by atoms with Gasteiger partial charge in [0.05, 0.1) is 16.8 Å². The van der Waals surface area contributed by atoms with E-state index < -0.39 is 12.0 Å². The van der Waals surface area contributed by atoms with Gasteiger partial charge in [0.1, 0.15) is 11.8 Å². The van der Waals surface area contributed by atoms with E-state index in [1.54, 1.807) is 55.5 Å². The van der Waals surface area contributed by atoms with Gasteiger partial charge in [-0.05, 0) is 37.1 Å². The maximum Gasteiger partial charge on any atom is 0.265 e. The first-order valence-electron chi connectivity index (χ1n) is 8.76. The fourth-order valence-electron chi connectivity index (χ4n) is 2.32. The van der Waals surface area contributed by atoms with Crippen molar-refractivity contribution in [3.8, 4) is 11.8 Å². The zero-order valence-corrected chi connectivity index (χ0v) is 15.7. The predicted octanol–water partition coefficient (Wildman–Crippen LogP) is 3.35. The number of carbonyl (C=O) groups excluding carboxylic acids is 2. The molecular formula is C21H23N3O3. The molecule has 0 aliphatic carbocycles. The molecule has 0 aliphatic heterocycles. The monoisotopic (exact) mass is 365 g/mol. The van der Waals surface area contributed by atoms with E-state index in [1.807, 2.05) is 19.9 Å². The Labute approximate surface area is 159 Å². The van der Waals surface area contributed by atoms with Crippen molar-refractivity contribution in [1.82, 2.24) is 5.32 Å². The lowest BCUT2D eigenvalue weighted by Crippen LogP contribution is -2.32. The summed E-state index contributed by atoms with van der Waals surface area (Å²) in [6.45, 7) is 6.15. The van der Waals surface area contributed by atoms with Crippen LogP contribution in [0.1, 0.15) is 36.7 Å². The van der Waals surface area contributed by atoms with E-state index in [0.717, 1.165) is 0 Å². The maximum atomic E-state index is 12.5. The molecule has 0 radical (unpaired) electrons. The Hall–Kier alpha value is -3.33. The van der Waals surface area contributed by atoms with E-state index in [1.165, 1.54) is 0 Å². The Morgan fingerprint density at radius 1 is 1.07 bits per heavy atom. The summed E-state index contributed by atoms with van der Waals surface area (Å²) in [6, 6.07) is 15.5. The molecule has 27 heavy (non-hydrogen) atoms. The molecule has 2 N–H and O–H groups in total. The Morgan fingerprint density at radius 2 is 1.74 bits per heavy atom. The molecule has 0 spiro atoms. The number of anilines is 1. The third kappa shape index (κ3) is 5.58. The molecular weight excluding hydrogens is 342 g/mol. The number of benzene rings is 2. The van der Waals surface area contributed by atoms with Gasteiger partial charge in [0.15, 0.2) is 6.10 Å². The molecule has 0 bridgehead atoms. The Balaban J connectivity index is 2.09. The van der Waals surface area contributed by atoms with Gasteiger partial charge in [-0.2, -0.15) is 5.26 Å². The van der Waals surface area contributed by atoms with Crippen LogP contribution in [0.2, 0.25) is 0 Å². The molecule has 1 atom stereocenters. The van der Waals surface area contributed by atoms with Gasteiger partial charge in [-0.3, -0.25) is 9.59 Å². The van der Waals surface area contributed by atoms with Crippen LogP contribution in [-0.4, -0.2) is 24.5 Å². The molecule has 0 saturated heterocycles. The molecule has 2 aromatic rings. The number of hydrogen-bond donors (Lipinski definition) is 2. The maximum absolute atomic E-state index is 12.5. The van der Waals surface area contributed by atoms with Crippen LogP contribution in [-0.2, 0) is 4.79 Å². The van der Waals surface area contributed by atoms with E-state index in [4.69, 9.17) is 10.00 Å². The highest BCUT2D eigenvalue weighted by Gasteiger charge is 2.19.